The summed E-state index contributed by atoms with van der Waals surface area (Å²) in [5.41, 5.74) is 4.12. The summed E-state index contributed by atoms with van der Waals surface area (Å²) in [7, 11) is 1.97. The van der Waals surface area contributed by atoms with Crippen molar-refractivity contribution in [1.82, 2.24) is 19.3 Å². The molecule has 9 heteroatoms. The number of anilines is 1. The molecule has 0 bridgehead atoms. The highest BCUT2D eigenvalue weighted by molar-refractivity contribution is 8.00. The van der Waals surface area contributed by atoms with Crippen molar-refractivity contribution in [3.05, 3.63) is 82.8 Å². The van der Waals surface area contributed by atoms with E-state index >= 15 is 0 Å². The van der Waals surface area contributed by atoms with Gasteiger partial charge in [-0.25, -0.2) is 0 Å². The van der Waals surface area contributed by atoms with Crippen LogP contribution in [0.5, 0.6) is 0 Å². The SMILES string of the molecule is C=CCn1c(CC(=O)Nc2cccc(Cl)c2C)nnc1SC(C)C(=O)c1c(C)n(C)c2ccccc12. The van der Waals surface area contributed by atoms with Crippen LogP contribution in [0.1, 0.15) is 34.4 Å². The van der Waals surface area contributed by atoms with Crippen molar-refractivity contribution in [2.75, 3.05) is 5.32 Å². The highest BCUT2D eigenvalue weighted by Gasteiger charge is 2.26. The molecule has 36 heavy (non-hydrogen) atoms. The standard InChI is InChI=1S/C27H28ClN5O2S/c1-6-14-33-23(15-24(34)29-21-12-9-11-20(28)16(21)2)30-31-27(33)36-18(4)26(35)25-17(3)32(5)22-13-8-7-10-19(22)25/h6-13,18H,1,14-15H2,2-5H3,(H,29,34). The lowest BCUT2D eigenvalue weighted by Gasteiger charge is -2.13. The van der Waals surface area contributed by atoms with Gasteiger partial charge < -0.3 is 14.5 Å². The Bertz CT molecular complexity index is 1470. The van der Waals surface area contributed by atoms with Gasteiger partial charge in [0, 0.05) is 46.5 Å². The number of fused-ring (bicyclic) bond motifs is 1. The molecule has 4 rings (SSSR count). The van der Waals surface area contributed by atoms with Crippen molar-refractivity contribution in [1.29, 1.82) is 0 Å². The minimum Gasteiger partial charge on any atom is -0.347 e. The molecule has 2 aromatic heterocycles. The van der Waals surface area contributed by atoms with Crippen LogP contribution in [0, 0.1) is 13.8 Å². The van der Waals surface area contributed by atoms with Crippen molar-refractivity contribution < 1.29 is 9.59 Å². The number of carbonyl (C=O) groups excluding carboxylic acids is 2. The predicted molar refractivity (Wildman–Crippen MR) is 146 cm³/mol. The topological polar surface area (TPSA) is 81.8 Å². The molecule has 0 spiro atoms. The lowest BCUT2D eigenvalue weighted by molar-refractivity contribution is -0.115. The third kappa shape index (κ3) is 4.96. The molecule has 0 fully saturated rings. The number of ketones is 1. The molecule has 186 valence electrons. The van der Waals surface area contributed by atoms with Crippen molar-refractivity contribution >= 4 is 51.6 Å². The fraction of sp³-hybridized carbons (Fsp3) is 0.259. The van der Waals surface area contributed by atoms with E-state index in [0.717, 1.165) is 27.7 Å². The van der Waals surface area contributed by atoms with E-state index in [9.17, 15) is 9.59 Å². The van der Waals surface area contributed by atoms with Crippen molar-refractivity contribution in [3.63, 3.8) is 0 Å². The molecule has 0 saturated carbocycles. The number of rotatable bonds is 9. The maximum absolute atomic E-state index is 13.5. The Balaban J connectivity index is 1.54. The third-order valence-electron chi connectivity index (χ3n) is 6.26. The lowest BCUT2D eigenvalue weighted by atomic mass is 10.1. The Morgan fingerprint density at radius 3 is 2.67 bits per heavy atom. The van der Waals surface area contributed by atoms with Gasteiger partial charge in [-0.1, -0.05) is 53.7 Å². The maximum Gasteiger partial charge on any atom is 0.232 e. The Kier molecular flexibility index (Phi) is 7.66. The van der Waals surface area contributed by atoms with Crippen LogP contribution in [0.3, 0.4) is 0 Å². The highest BCUT2D eigenvalue weighted by Crippen LogP contribution is 2.31. The van der Waals surface area contributed by atoms with Crippen LogP contribution < -0.4 is 5.32 Å². The number of nitrogens with zero attached hydrogens (tertiary/aromatic N) is 4. The van der Waals surface area contributed by atoms with Gasteiger partial charge in [-0.3, -0.25) is 9.59 Å². The number of carbonyl (C=O) groups is 2. The number of thioether (sulfide) groups is 1. The second-order valence-corrected chi connectivity index (χ2v) is 10.3. The number of amides is 1. The van der Waals surface area contributed by atoms with Gasteiger partial charge in [-0.05, 0) is 44.5 Å². The summed E-state index contributed by atoms with van der Waals surface area (Å²) in [5, 5.41) is 13.1. The Labute approximate surface area is 219 Å². The molecular formula is C27H28ClN5O2S. The van der Waals surface area contributed by atoms with Gasteiger partial charge in [0.25, 0.3) is 0 Å². The molecule has 2 aromatic carbocycles. The first-order valence-electron chi connectivity index (χ1n) is 11.6. The number of Topliss-reactive ketones (excluding diaryl/α,β-unsaturated/α-hetero) is 1. The molecular weight excluding hydrogens is 494 g/mol. The smallest absolute Gasteiger partial charge is 0.232 e. The number of benzene rings is 2. The van der Waals surface area contributed by atoms with Crippen LogP contribution in [-0.4, -0.2) is 36.3 Å². The van der Waals surface area contributed by atoms with Crippen LogP contribution in [0.2, 0.25) is 5.02 Å². The molecule has 7 nitrogen and oxygen atoms in total. The van der Waals surface area contributed by atoms with E-state index in [1.54, 1.807) is 24.3 Å². The van der Waals surface area contributed by atoms with E-state index < -0.39 is 5.25 Å². The van der Waals surface area contributed by atoms with Crippen LogP contribution in [0.4, 0.5) is 5.69 Å². The molecule has 1 unspecified atom stereocenters. The second-order valence-electron chi connectivity index (χ2n) is 8.60. The zero-order chi connectivity index (χ0) is 26.0. The fourth-order valence-corrected chi connectivity index (χ4v) is 5.29. The summed E-state index contributed by atoms with van der Waals surface area (Å²) < 4.78 is 3.86. The molecule has 0 radical (unpaired) electrons. The van der Waals surface area contributed by atoms with E-state index in [4.69, 9.17) is 11.6 Å². The molecule has 0 aliphatic rings. The van der Waals surface area contributed by atoms with Gasteiger partial charge >= 0.3 is 0 Å². The largest absolute Gasteiger partial charge is 0.347 e. The van der Waals surface area contributed by atoms with Gasteiger partial charge in [0.2, 0.25) is 5.91 Å². The van der Waals surface area contributed by atoms with E-state index in [0.29, 0.717) is 28.2 Å². The average molecular weight is 522 g/mol. The van der Waals surface area contributed by atoms with Gasteiger partial charge in [-0.2, -0.15) is 0 Å². The summed E-state index contributed by atoms with van der Waals surface area (Å²) in [4.78, 5) is 26.3. The molecule has 2 heterocycles. The number of aromatic nitrogens is 4. The second kappa shape index (κ2) is 10.7. The number of hydrogen-bond donors (Lipinski definition) is 1. The van der Waals surface area contributed by atoms with Gasteiger partial charge in [0.15, 0.2) is 10.9 Å². The predicted octanol–water partition coefficient (Wildman–Crippen LogP) is 5.77. The van der Waals surface area contributed by atoms with E-state index in [1.165, 1.54) is 11.8 Å². The first-order chi connectivity index (χ1) is 17.2. The summed E-state index contributed by atoms with van der Waals surface area (Å²) in [5.74, 6) is 0.291. The number of allylic oxidation sites excluding steroid dienone is 1. The number of nitrogens with one attached hydrogen (secondary N) is 1. The molecule has 0 aliphatic carbocycles. The average Bonchev–Trinajstić information content (AvgIpc) is 3.34. The van der Waals surface area contributed by atoms with Gasteiger partial charge in [-0.15, -0.1) is 16.8 Å². The van der Waals surface area contributed by atoms with Gasteiger partial charge in [0.1, 0.15) is 5.82 Å². The number of hydrogen-bond acceptors (Lipinski definition) is 5. The van der Waals surface area contributed by atoms with Crippen LogP contribution in [-0.2, 0) is 24.8 Å². The van der Waals surface area contributed by atoms with Crippen molar-refractivity contribution in [3.8, 4) is 0 Å². The van der Waals surface area contributed by atoms with Crippen LogP contribution >= 0.6 is 23.4 Å². The minimum atomic E-state index is -0.405. The van der Waals surface area contributed by atoms with Crippen molar-refractivity contribution in [2.24, 2.45) is 7.05 Å². The lowest BCUT2D eigenvalue weighted by Crippen LogP contribution is -2.19. The first kappa shape index (κ1) is 25.7. The first-order valence-corrected chi connectivity index (χ1v) is 12.8. The quantitative estimate of drug-likeness (QED) is 0.172. The normalized spacial score (nSPS) is 12.0. The number of aryl methyl sites for hydroxylation is 1. The zero-order valence-corrected chi connectivity index (χ0v) is 22.3. The van der Waals surface area contributed by atoms with Gasteiger partial charge in [0.05, 0.1) is 11.7 Å². The fourth-order valence-electron chi connectivity index (χ4n) is 4.18. The Morgan fingerprint density at radius 1 is 1.17 bits per heavy atom. The highest BCUT2D eigenvalue weighted by atomic mass is 35.5. The molecule has 4 aromatic rings. The monoisotopic (exact) mass is 521 g/mol. The van der Waals surface area contributed by atoms with E-state index in [1.807, 2.05) is 61.2 Å². The third-order valence-corrected chi connectivity index (χ3v) is 7.75. The molecule has 1 amide bonds. The molecule has 0 aliphatic heterocycles. The Morgan fingerprint density at radius 2 is 1.92 bits per heavy atom. The Hall–Kier alpha value is -3.36. The molecule has 0 saturated heterocycles. The summed E-state index contributed by atoms with van der Waals surface area (Å²) in [6, 6.07) is 13.3. The van der Waals surface area contributed by atoms with Crippen LogP contribution in [0.15, 0.2) is 60.3 Å². The summed E-state index contributed by atoms with van der Waals surface area (Å²) in [6.07, 6.45) is 1.75. The minimum absolute atomic E-state index is 0.0259. The number of halogens is 1. The van der Waals surface area contributed by atoms with E-state index in [2.05, 4.69) is 22.1 Å². The van der Waals surface area contributed by atoms with E-state index in [-0.39, 0.29) is 18.1 Å². The maximum atomic E-state index is 13.5. The number of para-hydroxylation sites is 1. The summed E-state index contributed by atoms with van der Waals surface area (Å²) >= 11 is 7.50. The van der Waals surface area contributed by atoms with Crippen LogP contribution in [0.25, 0.3) is 10.9 Å². The molecule has 1 atom stereocenters. The van der Waals surface area contributed by atoms with Crippen molar-refractivity contribution in [2.45, 2.75) is 44.1 Å². The summed E-state index contributed by atoms with van der Waals surface area (Å²) in [6.45, 7) is 9.93. The zero-order valence-electron chi connectivity index (χ0n) is 20.7. The molecule has 1 N–H and O–H groups in total.